The molecule has 0 spiro atoms. The van der Waals surface area contributed by atoms with E-state index in [1.807, 2.05) is 0 Å². The maximum atomic E-state index is 14.6. The quantitative estimate of drug-likeness (QED) is 0.309. The van der Waals surface area contributed by atoms with E-state index in [4.69, 9.17) is 21.1 Å². The van der Waals surface area contributed by atoms with Crippen molar-refractivity contribution >= 4 is 23.4 Å². The first-order valence-corrected chi connectivity index (χ1v) is 13.0. The Morgan fingerprint density at radius 2 is 1.84 bits per heavy atom. The van der Waals surface area contributed by atoms with Crippen LogP contribution in [0.5, 0.6) is 0 Å². The number of benzene rings is 1. The average molecular weight is 529 g/mol. The maximum absolute atomic E-state index is 14.6. The summed E-state index contributed by atoms with van der Waals surface area (Å²) in [5.74, 6) is -0.721. The lowest BCUT2D eigenvalue weighted by Gasteiger charge is -2.39. The number of ether oxygens (including phenoxy) is 2. The van der Waals surface area contributed by atoms with Gasteiger partial charge in [-0.1, -0.05) is 6.07 Å². The van der Waals surface area contributed by atoms with Crippen LogP contribution in [0.3, 0.4) is 0 Å². The van der Waals surface area contributed by atoms with E-state index < -0.39 is 17.6 Å². The number of piperidine rings is 1. The molecule has 1 N–H and O–H groups in total. The molecule has 2 saturated heterocycles. The first-order valence-electron chi connectivity index (χ1n) is 12.6. The molecule has 0 radical (unpaired) electrons. The molecule has 3 aliphatic rings. The Labute approximate surface area is 218 Å². The van der Waals surface area contributed by atoms with Crippen LogP contribution in [0, 0.1) is 11.6 Å². The average Bonchev–Trinajstić information content (AvgIpc) is 3.59. The van der Waals surface area contributed by atoms with Crippen molar-refractivity contribution in [3.63, 3.8) is 0 Å². The Morgan fingerprint density at radius 3 is 2.49 bits per heavy atom. The zero-order chi connectivity index (χ0) is 25.7. The molecule has 10 heteroatoms. The highest BCUT2D eigenvalue weighted by Gasteiger charge is 2.42. The van der Waals surface area contributed by atoms with Crippen molar-refractivity contribution in [2.45, 2.75) is 69.2 Å². The largest absolute Gasteiger partial charge is 0.464 e. The molecule has 194 valence electrons. The van der Waals surface area contributed by atoms with Gasteiger partial charge in [0, 0.05) is 41.2 Å². The number of nitrogens with one attached hydrogen (secondary N) is 1. The molecule has 2 aliphatic heterocycles. The monoisotopic (exact) mass is 528 g/mol. The van der Waals surface area contributed by atoms with Crippen molar-refractivity contribution in [3.8, 4) is 11.1 Å². The number of H-pyrrole nitrogens is 1. The lowest BCUT2D eigenvalue weighted by atomic mass is 9.98. The molecular weight excluding hydrogens is 502 g/mol. The number of esters is 1. The summed E-state index contributed by atoms with van der Waals surface area (Å²) >= 11 is 6.12. The number of methoxy groups -OCH3 is 1. The fourth-order valence-corrected chi connectivity index (χ4v) is 6.10. The number of hydrogen-bond acceptors (Lipinski definition) is 6. The van der Waals surface area contributed by atoms with Gasteiger partial charge in [-0.2, -0.15) is 0 Å². The smallest absolute Gasteiger partial charge is 0.356 e. The van der Waals surface area contributed by atoms with E-state index in [0.717, 1.165) is 49.8 Å². The van der Waals surface area contributed by atoms with Crippen molar-refractivity contribution in [1.29, 1.82) is 0 Å². The first kappa shape index (κ1) is 24.3. The summed E-state index contributed by atoms with van der Waals surface area (Å²) in [4.78, 5) is 25.9. The molecule has 1 aromatic carbocycles. The molecule has 2 aromatic heterocycles. The summed E-state index contributed by atoms with van der Waals surface area (Å²) in [5, 5.41) is 0.00337. The van der Waals surface area contributed by atoms with Crippen LogP contribution in [-0.4, -0.2) is 46.2 Å². The predicted octanol–water partition coefficient (Wildman–Crippen LogP) is 5.78. The summed E-state index contributed by atoms with van der Waals surface area (Å²) in [7, 11) is 1.30. The number of hydrogen-bond donors (Lipinski definition) is 1. The van der Waals surface area contributed by atoms with Crippen LogP contribution < -0.4 is 4.90 Å². The van der Waals surface area contributed by atoms with Gasteiger partial charge in [-0.05, 0) is 68.2 Å². The van der Waals surface area contributed by atoms with Crippen molar-refractivity contribution in [2.75, 3.05) is 12.0 Å². The van der Waals surface area contributed by atoms with Crippen LogP contribution in [0.4, 0.5) is 14.6 Å². The molecule has 4 heterocycles. The third-order valence-corrected chi connectivity index (χ3v) is 7.91. The number of aromatic nitrogens is 3. The summed E-state index contributed by atoms with van der Waals surface area (Å²) in [6, 6.07) is 5.93. The van der Waals surface area contributed by atoms with E-state index in [1.165, 1.54) is 25.3 Å². The minimum absolute atomic E-state index is 0.00337. The molecule has 2 bridgehead atoms. The molecular formula is C27H27ClF2N4O3. The number of carbonyl (C=O) groups excluding carboxylic acids is 1. The van der Waals surface area contributed by atoms with E-state index in [2.05, 4.69) is 19.9 Å². The second-order valence-corrected chi connectivity index (χ2v) is 10.4. The number of nitrogens with zero attached hydrogens (tertiary/aromatic N) is 3. The zero-order valence-corrected chi connectivity index (χ0v) is 21.1. The standard InChI is InChI=1S/C27H27ClF2N4O3/c1-36-26(35)22-11-23(33-27(28)32-22)34-15-7-8-16(34)10-17(9-15)37-13-19-18(12-31-25(19)14-5-6-14)24-20(29)3-2-4-21(24)30/h2-4,11-12,14-17,31H,5-10,13H2,1H3. The SMILES string of the molecule is COC(=O)c1cc(N2C3CCC2CC(OCc2c(-c4c(F)cccc4F)c[nH]c2C2CC2)C3)nc(Cl)n1. The van der Waals surface area contributed by atoms with Crippen molar-refractivity contribution < 1.29 is 23.0 Å². The molecule has 7 nitrogen and oxygen atoms in total. The Balaban J connectivity index is 1.21. The fourth-order valence-electron chi connectivity index (χ4n) is 5.92. The van der Waals surface area contributed by atoms with Crippen molar-refractivity contribution in [1.82, 2.24) is 15.0 Å². The zero-order valence-electron chi connectivity index (χ0n) is 20.3. The number of rotatable bonds is 7. The molecule has 3 fully saturated rings. The van der Waals surface area contributed by atoms with E-state index in [0.29, 0.717) is 17.3 Å². The van der Waals surface area contributed by atoms with Crippen molar-refractivity contribution in [3.05, 3.63) is 64.3 Å². The number of halogens is 3. The molecule has 37 heavy (non-hydrogen) atoms. The number of aromatic amines is 1. The minimum atomic E-state index is -0.580. The van der Waals surface area contributed by atoms with Gasteiger partial charge < -0.3 is 19.4 Å². The highest BCUT2D eigenvalue weighted by atomic mass is 35.5. The van der Waals surface area contributed by atoms with Crippen LogP contribution in [0.15, 0.2) is 30.5 Å². The Bertz CT molecular complexity index is 1310. The van der Waals surface area contributed by atoms with E-state index in [9.17, 15) is 13.6 Å². The molecule has 2 atom stereocenters. The Kier molecular flexibility index (Phi) is 6.36. The van der Waals surface area contributed by atoms with Crippen molar-refractivity contribution in [2.24, 2.45) is 0 Å². The Hall–Kier alpha value is -3.04. The van der Waals surface area contributed by atoms with Gasteiger partial charge in [-0.25, -0.2) is 23.5 Å². The van der Waals surface area contributed by atoms with Gasteiger partial charge in [0.05, 0.1) is 25.4 Å². The van der Waals surface area contributed by atoms with Crippen LogP contribution in [0.25, 0.3) is 11.1 Å². The molecule has 6 rings (SSSR count). The van der Waals surface area contributed by atoms with Crippen LogP contribution in [-0.2, 0) is 16.1 Å². The van der Waals surface area contributed by atoms with Gasteiger partial charge in [-0.3, -0.25) is 0 Å². The van der Waals surface area contributed by atoms with E-state index >= 15 is 0 Å². The first-order chi connectivity index (χ1) is 17.9. The summed E-state index contributed by atoms with van der Waals surface area (Å²) < 4.78 is 40.5. The maximum Gasteiger partial charge on any atom is 0.356 e. The van der Waals surface area contributed by atoms with Crippen LogP contribution in [0.1, 0.15) is 66.2 Å². The highest BCUT2D eigenvalue weighted by Crippen LogP contribution is 2.45. The minimum Gasteiger partial charge on any atom is -0.464 e. The summed E-state index contributed by atoms with van der Waals surface area (Å²) in [6.07, 6.45) is 7.32. The summed E-state index contributed by atoms with van der Waals surface area (Å²) in [5.41, 5.74) is 2.50. The third kappa shape index (κ3) is 4.59. The topological polar surface area (TPSA) is 80.3 Å². The highest BCUT2D eigenvalue weighted by molar-refractivity contribution is 6.28. The normalized spacial score (nSPS) is 22.9. The van der Waals surface area contributed by atoms with Gasteiger partial charge in [0.25, 0.3) is 0 Å². The molecule has 0 amide bonds. The van der Waals surface area contributed by atoms with Crippen LogP contribution in [0.2, 0.25) is 5.28 Å². The molecule has 1 aliphatic carbocycles. The fraction of sp³-hybridized carbons (Fsp3) is 0.444. The van der Waals surface area contributed by atoms with Gasteiger partial charge in [0.15, 0.2) is 5.69 Å². The second-order valence-electron chi connectivity index (χ2n) is 10.0. The Morgan fingerprint density at radius 1 is 1.14 bits per heavy atom. The van der Waals surface area contributed by atoms with Gasteiger partial charge in [0.2, 0.25) is 5.28 Å². The second kappa shape index (κ2) is 9.68. The van der Waals surface area contributed by atoms with E-state index in [1.54, 1.807) is 12.3 Å². The van der Waals surface area contributed by atoms with Gasteiger partial charge in [-0.15, -0.1) is 0 Å². The number of fused-ring (bicyclic) bond motifs is 2. The molecule has 2 unspecified atom stereocenters. The number of carbonyl (C=O) groups is 1. The lowest BCUT2D eigenvalue weighted by Crippen LogP contribution is -2.46. The van der Waals surface area contributed by atoms with E-state index in [-0.39, 0.29) is 41.3 Å². The molecule has 1 saturated carbocycles. The van der Waals surface area contributed by atoms with Gasteiger partial charge >= 0.3 is 5.97 Å². The number of anilines is 1. The third-order valence-electron chi connectivity index (χ3n) is 7.74. The van der Waals surface area contributed by atoms with Gasteiger partial charge in [0.1, 0.15) is 17.5 Å². The predicted molar refractivity (Wildman–Crippen MR) is 134 cm³/mol. The summed E-state index contributed by atoms with van der Waals surface area (Å²) in [6.45, 7) is 0.286. The lowest BCUT2D eigenvalue weighted by molar-refractivity contribution is 0.0149. The van der Waals surface area contributed by atoms with Crippen LogP contribution >= 0.6 is 11.6 Å². The molecule has 3 aromatic rings.